The SMILES string of the molecule is CCC(C)(C)C(=O)OC1CCCCc2ccccc21.CCC(C)(C)C(=O)Oc1ccc(O)cc1. The molecule has 1 aliphatic carbocycles. The minimum Gasteiger partial charge on any atom is -0.508 e. The molecule has 0 amide bonds. The van der Waals surface area contributed by atoms with Crippen LogP contribution in [0.5, 0.6) is 11.5 Å². The second-order valence-corrected chi connectivity index (χ2v) is 10.2. The number of esters is 2. The summed E-state index contributed by atoms with van der Waals surface area (Å²) in [7, 11) is 0. The number of fused-ring (bicyclic) bond motifs is 1. The molecule has 0 saturated carbocycles. The normalized spacial score (nSPS) is 15.8. The molecule has 186 valence electrons. The van der Waals surface area contributed by atoms with Gasteiger partial charge in [0.2, 0.25) is 0 Å². The van der Waals surface area contributed by atoms with Crippen LogP contribution in [0, 0.1) is 10.8 Å². The summed E-state index contributed by atoms with van der Waals surface area (Å²) < 4.78 is 11.0. The molecule has 0 spiro atoms. The van der Waals surface area contributed by atoms with Crippen molar-refractivity contribution >= 4 is 11.9 Å². The summed E-state index contributed by atoms with van der Waals surface area (Å²) in [6, 6.07) is 14.5. The lowest BCUT2D eigenvalue weighted by Gasteiger charge is -2.25. The molecule has 5 heteroatoms. The Labute approximate surface area is 204 Å². The Morgan fingerprint density at radius 1 is 0.882 bits per heavy atom. The van der Waals surface area contributed by atoms with E-state index >= 15 is 0 Å². The summed E-state index contributed by atoms with van der Waals surface area (Å²) >= 11 is 0. The van der Waals surface area contributed by atoms with Crippen LogP contribution >= 0.6 is 0 Å². The number of aryl methyl sites for hydroxylation is 1. The molecule has 0 bridgehead atoms. The molecular formula is C29H40O5. The molecule has 1 N–H and O–H groups in total. The van der Waals surface area contributed by atoms with Gasteiger partial charge in [0.05, 0.1) is 10.8 Å². The number of carbonyl (C=O) groups is 2. The zero-order chi connectivity index (χ0) is 25.4. The zero-order valence-corrected chi connectivity index (χ0v) is 21.5. The van der Waals surface area contributed by atoms with E-state index < -0.39 is 5.41 Å². The van der Waals surface area contributed by atoms with Crippen molar-refractivity contribution in [3.63, 3.8) is 0 Å². The Balaban J connectivity index is 0.000000248. The molecule has 0 fully saturated rings. The summed E-state index contributed by atoms with van der Waals surface area (Å²) in [4.78, 5) is 23.9. The van der Waals surface area contributed by atoms with Crippen LogP contribution in [-0.4, -0.2) is 17.0 Å². The van der Waals surface area contributed by atoms with E-state index in [9.17, 15) is 9.59 Å². The van der Waals surface area contributed by atoms with Gasteiger partial charge in [-0.05, 0) is 102 Å². The fourth-order valence-corrected chi connectivity index (χ4v) is 3.34. The molecule has 2 aromatic carbocycles. The van der Waals surface area contributed by atoms with E-state index in [1.807, 2.05) is 47.6 Å². The minimum atomic E-state index is -0.474. The lowest BCUT2D eigenvalue weighted by Crippen LogP contribution is -2.28. The third-order valence-electron chi connectivity index (χ3n) is 6.73. The Kier molecular flexibility index (Phi) is 9.72. The van der Waals surface area contributed by atoms with Crippen LogP contribution in [-0.2, 0) is 20.7 Å². The van der Waals surface area contributed by atoms with Gasteiger partial charge in [-0.15, -0.1) is 0 Å². The molecule has 0 heterocycles. The maximum atomic E-state index is 12.3. The van der Waals surface area contributed by atoms with Crippen molar-refractivity contribution in [3.8, 4) is 11.5 Å². The van der Waals surface area contributed by atoms with E-state index in [2.05, 4.69) is 18.2 Å². The molecule has 3 rings (SSSR count). The second kappa shape index (κ2) is 12.0. The fraction of sp³-hybridized carbons (Fsp3) is 0.517. The number of hydrogen-bond donors (Lipinski definition) is 1. The maximum Gasteiger partial charge on any atom is 0.316 e. The van der Waals surface area contributed by atoms with Gasteiger partial charge in [-0.1, -0.05) is 38.1 Å². The van der Waals surface area contributed by atoms with Crippen LogP contribution in [0.15, 0.2) is 48.5 Å². The van der Waals surface area contributed by atoms with Gasteiger partial charge in [0.15, 0.2) is 0 Å². The van der Waals surface area contributed by atoms with Crippen molar-refractivity contribution in [2.75, 3.05) is 0 Å². The van der Waals surface area contributed by atoms with E-state index in [0.717, 1.165) is 32.1 Å². The monoisotopic (exact) mass is 468 g/mol. The first-order valence-corrected chi connectivity index (χ1v) is 12.3. The Hall–Kier alpha value is -2.82. The van der Waals surface area contributed by atoms with Crippen LogP contribution in [0.3, 0.4) is 0 Å². The molecule has 34 heavy (non-hydrogen) atoms. The summed E-state index contributed by atoms with van der Waals surface area (Å²) in [5.41, 5.74) is 1.69. The highest BCUT2D eigenvalue weighted by atomic mass is 16.5. The highest BCUT2D eigenvalue weighted by molar-refractivity contribution is 5.78. The lowest BCUT2D eigenvalue weighted by atomic mass is 9.90. The summed E-state index contributed by atoms with van der Waals surface area (Å²) in [5, 5.41) is 9.06. The standard InChI is InChI=1S/C17H24O2.C12H16O3/c1-4-17(2,3)16(18)19-15-12-8-6-10-13-9-5-7-11-14(13)15;1-4-12(2,3)11(14)15-10-7-5-9(13)6-8-10/h5,7,9,11,15H,4,6,8,10,12H2,1-3H3;5-8,13H,4H2,1-3H3. The van der Waals surface area contributed by atoms with Crippen LogP contribution in [0.1, 0.15) is 90.9 Å². The van der Waals surface area contributed by atoms with Crippen molar-refractivity contribution in [2.24, 2.45) is 10.8 Å². The molecule has 1 atom stereocenters. The average Bonchev–Trinajstić information content (AvgIpc) is 3.03. The Morgan fingerprint density at radius 3 is 2.09 bits per heavy atom. The fourth-order valence-electron chi connectivity index (χ4n) is 3.34. The van der Waals surface area contributed by atoms with E-state index in [4.69, 9.17) is 14.6 Å². The van der Waals surface area contributed by atoms with Gasteiger partial charge < -0.3 is 14.6 Å². The van der Waals surface area contributed by atoms with Crippen LogP contribution in [0.25, 0.3) is 0 Å². The van der Waals surface area contributed by atoms with E-state index in [-0.39, 0.29) is 29.2 Å². The average molecular weight is 469 g/mol. The zero-order valence-electron chi connectivity index (χ0n) is 21.5. The van der Waals surface area contributed by atoms with Gasteiger partial charge in [-0.3, -0.25) is 9.59 Å². The predicted molar refractivity (Wildman–Crippen MR) is 135 cm³/mol. The summed E-state index contributed by atoms with van der Waals surface area (Å²) in [6.07, 6.45) is 5.83. The number of carbonyl (C=O) groups excluding carboxylic acids is 2. The number of hydrogen-bond acceptors (Lipinski definition) is 5. The maximum absolute atomic E-state index is 12.3. The number of aromatic hydroxyl groups is 1. The van der Waals surface area contributed by atoms with Crippen molar-refractivity contribution in [1.29, 1.82) is 0 Å². The van der Waals surface area contributed by atoms with Crippen molar-refractivity contribution < 1.29 is 24.2 Å². The van der Waals surface area contributed by atoms with Crippen LogP contribution in [0.2, 0.25) is 0 Å². The first-order valence-electron chi connectivity index (χ1n) is 12.3. The largest absolute Gasteiger partial charge is 0.508 e. The number of phenolic OH excluding ortho intramolecular Hbond substituents is 1. The van der Waals surface area contributed by atoms with E-state index in [0.29, 0.717) is 5.75 Å². The predicted octanol–water partition coefficient (Wildman–Crippen LogP) is 7.17. The van der Waals surface area contributed by atoms with Gasteiger partial charge in [-0.2, -0.15) is 0 Å². The van der Waals surface area contributed by atoms with Gasteiger partial charge in [0.1, 0.15) is 17.6 Å². The number of benzene rings is 2. The molecule has 1 aliphatic rings. The lowest BCUT2D eigenvalue weighted by molar-refractivity contribution is -0.160. The third kappa shape index (κ3) is 7.61. The van der Waals surface area contributed by atoms with Crippen molar-refractivity contribution in [2.45, 2.75) is 86.2 Å². The van der Waals surface area contributed by atoms with Crippen molar-refractivity contribution in [1.82, 2.24) is 0 Å². The first kappa shape index (κ1) is 27.4. The number of phenols is 1. The van der Waals surface area contributed by atoms with Crippen LogP contribution < -0.4 is 4.74 Å². The highest BCUT2D eigenvalue weighted by Gasteiger charge is 2.31. The minimum absolute atomic E-state index is 0.0583. The molecule has 0 radical (unpaired) electrons. The summed E-state index contributed by atoms with van der Waals surface area (Å²) in [5.74, 6) is 0.288. The van der Waals surface area contributed by atoms with E-state index in [1.54, 1.807) is 12.1 Å². The summed E-state index contributed by atoms with van der Waals surface area (Å²) in [6.45, 7) is 11.6. The van der Waals surface area contributed by atoms with Gasteiger partial charge in [-0.25, -0.2) is 0 Å². The van der Waals surface area contributed by atoms with Gasteiger partial charge in [0, 0.05) is 0 Å². The second-order valence-electron chi connectivity index (χ2n) is 10.2. The smallest absolute Gasteiger partial charge is 0.316 e. The molecule has 5 nitrogen and oxygen atoms in total. The molecule has 0 saturated heterocycles. The Morgan fingerprint density at radius 2 is 1.47 bits per heavy atom. The molecule has 0 aromatic heterocycles. The van der Waals surface area contributed by atoms with Gasteiger partial charge >= 0.3 is 11.9 Å². The highest BCUT2D eigenvalue weighted by Crippen LogP contribution is 2.34. The van der Waals surface area contributed by atoms with E-state index in [1.165, 1.54) is 29.7 Å². The number of rotatable bonds is 6. The molecule has 0 aliphatic heterocycles. The number of ether oxygens (including phenoxy) is 2. The van der Waals surface area contributed by atoms with Crippen molar-refractivity contribution in [3.05, 3.63) is 59.7 Å². The van der Waals surface area contributed by atoms with Crippen LogP contribution in [0.4, 0.5) is 0 Å². The molecule has 1 unspecified atom stereocenters. The third-order valence-corrected chi connectivity index (χ3v) is 6.73. The Bertz CT molecular complexity index is 943. The first-order chi connectivity index (χ1) is 16.0. The quantitative estimate of drug-likeness (QED) is 0.276. The molecular weight excluding hydrogens is 428 g/mol. The topological polar surface area (TPSA) is 72.8 Å². The molecule has 2 aromatic rings. The van der Waals surface area contributed by atoms with Gasteiger partial charge in [0.25, 0.3) is 0 Å².